The van der Waals surface area contributed by atoms with Gasteiger partial charge in [-0.15, -0.1) is 0 Å². The van der Waals surface area contributed by atoms with Crippen molar-refractivity contribution in [1.82, 2.24) is 9.97 Å². The highest BCUT2D eigenvalue weighted by atomic mass is 16.5. The molecular formula is C12H21N3O2. The van der Waals surface area contributed by atoms with E-state index in [1.807, 2.05) is 13.8 Å². The van der Waals surface area contributed by atoms with Gasteiger partial charge in [0.05, 0.1) is 12.7 Å². The van der Waals surface area contributed by atoms with Crippen LogP contribution in [0, 0.1) is 0 Å². The van der Waals surface area contributed by atoms with Crippen LogP contribution >= 0.6 is 0 Å². The first-order chi connectivity index (χ1) is 8.26. The van der Waals surface area contributed by atoms with Gasteiger partial charge < -0.3 is 15.2 Å². The van der Waals surface area contributed by atoms with Crippen LogP contribution in [-0.4, -0.2) is 34.3 Å². The molecule has 0 aliphatic rings. The number of anilines is 1. The lowest BCUT2D eigenvalue weighted by Crippen LogP contribution is -2.20. The normalized spacial score (nSPS) is 12.2. The minimum Gasteiger partial charge on any atom is -0.478 e. The van der Waals surface area contributed by atoms with Gasteiger partial charge in [-0.25, -0.2) is 4.98 Å². The second-order valence-electron chi connectivity index (χ2n) is 3.89. The van der Waals surface area contributed by atoms with Crippen molar-refractivity contribution in [3.05, 3.63) is 12.3 Å². The van der Waals surface area contributed by atoms with E-state index in [9.17, 15) is 5.11 Å². The van der Waals surface area contributed by atoms with Crippen LogP contribution in [0.2, 0.25) is 0 Å². The highest BCUT2D eigenvalue weighted by Crippen LogP contribution is 2.08. The predicted octanol–water partition coefficient (Wildman–Crippen LogP) is 1.84. The third kappa shape index (κ3) is 5.49. The topological polar surface area (TPSA) is 67.3 Å². The molecule has 0 aliphatic carbocycles. The third-order valence-corrected chi connectivity index (χ3v) is 2.20. The molecule has 0 fully saturated rings. The zero-order valence-electron chi connectivity index (χ0n) is 10.5. The number of nitrogens with one attached hydrogen (secondary N) is 1. The van der Waals surface area contributed by atoms with Gasteiger partial charge in [0, 0.05) is 18.8 Å². The lowest BCUT2D eigenvalue weighted by atomic mass is 10.2. The van der Waals surface area contributed by atoms with Crippen molar-refractivity contribution < 1.29 is 9.84 Å². The van der Waals surface area contributed by atoms with Crippen LogP contribution in [0.3, 0.4) is 0 Å². The van der Waals surface area contributed by atoms with Crippen LogP contribution in [0.5, 0.6) is 5.88 Å². The van der Waals surface area contributed by atoms with E-state index >= 15 is 0 Å². The van der Waals surface area contributed by atoms with Gasteiger partial charge in [0.1, 0.15) is 0 Å². The predicted molar refractivity (Wildman–Crippen MR) is 67.2 cm³/mol. The number of nitrogens with zero attached hydrogens (tertiary/aromatic N) is 2. The Hall–Kier alpha value is -1.36. The molecule has 1 heterocycles. The van der Waals surface area contributed by atoms with Gasteiger partial charge in [0.15, 0.2) is 0 Å². The average Bonchev–Trinajstić information content (AvgIpc) is 2.35. The molecule has 1 aromatic rings. The Morgan fingerprint density at radius 2 is 2.24 bits per heavy atom. The molecule has 0 aliphatic heterocycles. The number of hydrogen-bond donors (Lipinski definition) is 2. The lowest BCUT2D eigenvalue weighted by Gasteiger charge is -2.11. The minimum atomic E-state index is -0.358. The van der Waals surface area contributed by atoms with E-state index in [1.165, 1.54) is 0 Å². The summed E-state index contributed by atoms with van der Waals surface area (Å²) < 4.78 is 5.40. The molecule has 0 bridgehead atoms. The number of aliphatic hydroxyl groups is 1. The minimum absolute atomic E-state index is 0.358. The zero-order chi connectivity index (χ0) is 12.5. The van der Waals surface area contributed by atoms with Gasteiger partial charge in [-0.2, -0.15) is 4.98 Å². The van der Waals surface area contributed by atoms with Crippen molar-refractivity contribution in [2.45, 2.75) is 39.2 Å². The van der Waals surface area contributed by atoms with Gasteiger partial charge in [-0.05, 0) is 12.8 Å². The second kappa shape index (κ2) is 7.84. The molecule has 1 aromatic heterocycles. The fourth-order valence-corrected chi connectivity index (χ4v) is 1.36. The summed E-state index contributed by atoms with van der Waals surface area (Å²) in [7, 11) is 0. The summed E-state index contributed by atoms with van der Waals surface area (Å²) in [6.07, 6.45) is 3.97. The van der Waals surface area contributed by atoms with Crippen LogP contribution in [0.4, 0.5) is 5.95 Å². The summed E-state index contributed by atoms with van der Waals surface area (Å²) in [6.45, 7) is 5.19. The molecule has 5 heteroatoms. The molecule has 17 heavy (non-hydrogen) atoms. The van der Waals surface area contributed by atoms with E-state index in [2.05, 4.69) is 15.3 Å². The number of ether oxygens (including phenoxy) is 1. The van der Waals surface area contributed by atoms with Crippen LogP contribution in [0.25, 0.3) is 0 Å². The molecule has 0 amide bonds. The highest BCUT2D eigenvalue weighted by molar-refractivity contribution is 5.27. The van der Waals surface area contributed by atoms with Crippen molar-refractivity contribution in [2.24, 2.45) is 0 Å². The molecule has 0 saturated carbocycles. The molecule has 5 nitrogen and oxygen atoms in total. The molecule has 1 unspecified atom stereocenters. The maximum Gasteiger partial charge on any atom is 0.226 e. The SMILES string of the molecule is CCCOc1ccnc(NCC(O)CCC)n1. The first-order valence-corrected chi connectivity index (χ1v) is 6.14. The smallest absolute Gasteiger partial charge is 0.226 e. The van der Waals surface area contributed by atoms with Crippen molar-refractivity contribution in [1.29, 1.82) is 0 Å². The summed E-state index contributed by atoms with van der Waals surface area (Å²) in [5.41, 5.74) is 0. The Kier molecular flexibility index (Phi) is 6.32. The van der Waals surface area contributed by atoms with Crippen molar-refractivity contribution in [2.75, 3.05) is 18.5 Å². The van der Waals surface area contributed by atoms with E-state index in [1.54, 1.807) is 12.3 Å². The largest absolute Gasteiger partial charge is 0.478 e. The molecule has 0 spiro atoms. The van der Waals surface area contributed by atoms with Crippen molar-refractivity contribution in [3.8, 4) is 5.88 Å². The van der Waals surface area contributed by atoms with Gasteiger partial charge in [0.2, 0.25) is 11.8 Å². The molecule has 2 N–H and O–H groups in total. The summed E-state index contributed by atoms with van der Waals surface area (Å²) in [4.78, 5) is 8.25. The molecule has 96 valence electrons. The average molecular weight is 239 g/mol. The molecule has 0 aromatic carbocycles. The van der Waals surface area contributed by atoms with E-state index in [0.717, 1.165) is 19.3 Å². The van der Waals surface area contributed by atoms with Gasteiger partial charge >= 0.3 is 0 Å². The fourth-order valence-electron chi connectivity index (χ4n) is 1.36. The molecule has 1 rings (SSSR count). The Morgan fingerprint density at radius 3 is 2.94 bits per heavy atom. The number of aliphatic hydroxyl groups excluding tert-OH is 1. The molecule has 1 atom stereocenters. The maximum absolute atomic E-state index is 9.57. The van der Waals surface area contributed by atoms with E-state index < -0.39 is 0 Å². The zero-order valence-corrected chi connectivity index (χ0v) is 10.5. The van der Waals surface area contributed by atoms with Gasteiger partial charge in [-0.1, -0.05) is 20.3 Å². The molecule has 0 saturated heterocycles. The summed E-state index contributed by atoms with van der Waals surface area (Å²) in [6, 6.07) is 1.73. The molecule has 0 radical (unpaired) electrons. The van der Waals surface area contributed by atoms with E-state index in [4.69, 9.17) is 4.74 Å². The number of aromatic nitrogens is 2. The Balaban J connectivity index is 2.42. The lowest BCUT2D eigenvalue weighted by molar-refractivity contribution is 0.176. The van der Waals surface area contributed by atoms with Crippen LogP contribution in [-0.2, 0) is 0 Å². The Labute approximate surface area is 102 Å². The Bertz CT molecular complexity index is 320. The molecular weight excluding hydrogens is 218 g/mol. The van der Waals surface area contributed by atoms with Crippen molar-refractivity contribution >= 4 is 5.95 Å². The number of rotatable bonds is 8. The first-order valence-electron chi connectivity index (χ1n) is 6.14. The monoisotopic (exact) mass is 239 g/mol. The summed E-state index contributed by atoms with van der Waals surface area (Å²) in [5, 5.41) is 12.6. The first kappa shape index (κ1) is 13.7. The van der Waals surface area contributed by atoms with Crippen molar-refractivity contribution in [3.63, 3.8) is 0 Å². The number of hydrogen-bond acceptors (Lipinski definition) is 5. The highest BCUT2D eigenvalue weighted by Gasteiger charge is 2.04. The van der Waals surface area contributed by atoms with Crippen LogP contribution in [0.15, 0.2) is 12.3 Å². The summed E-state index contributed by atoms with van der Waals surface area (Å²) >= 11 is 0. The maximum atomic E-state index is 9.57. The van der Waals surface area contributed by atoms with E-state index in [0.29, 0.717) is 25.0 Å². The standard InChI is InChI=1S/C12H21N3O2/c1-3-5-10(16)9-14-12-13-7-6-11(15-12)17-8-4-2/h6-7,10,16H,3-5,8-9H2,1-2H3,(H,13,14,15). The third-order valence-electron chi connectivity index (χ3n) is 2.20. The van der Waals surface area contributed by atoms with Gasteiger partial charge in [0.25, 0.3) is 0 Å². The Morgan fingerprint density at radius 1 is 1.41 bits per heavy atom. The van der Waals surface area contributed by atoms with E-state index in [-0.39, 0.29) is 6.10 Å². The summed E-state index contributed by atoms with van der Waals surface area (Å²) in [5.74, 6) is 1.06. The van der Waals surface area contributed by atoms with Crippen LogP contribution < -0.4 is 10.1 Å². The second-order valence-corrected chi connectivity index (χ2v) is 3.89. The quantitative estimate of drug-likeness (QED) is 0.724. The van der Waals surface area contributed by atoms with Gasteiger partial charge in [-0.3, -0.25) is 0 Å². The fraction of sp³-hybridized carbons (Fsp3) is 0.667. The van der Waals surface area contributed by atoms with Crippen LogP contribution in [0.1, 0.15) is 33.1 Å².